The van der Waals surface area contributed by atoms with Crippen LogP contribution in [0, 0.1) is 17.0 Å². The Morgan fingerprint density at radius 2 is 2.20 bits per heavy atom. The molecule has 1 unspecified atom stereocenters. The lowest BCUT2D eigenvalue weighted by Crippen LogP contribution is -2.27. The number of non-ortho nitro benzene ring substituents is 1. The first-order valence-corrected chi connectivity index (χ1v) is 6.03. The van der Waals surface area contributed by atoms with Gasteiger partial charge in [0.1, 0.15) is 5.82 Å². The summed E-state index contributed by atoms with van der Waals surface area (Å²) in [7, 11) is 0. The number of hydrogen-bond donors (Lipinski definition) is 2. The number of benzene rings is 1. The zero-order chi connectivity index (χ0) is 14.7. The lowest BCUT2D eigenvalue weighted by atomic mass is 10.1. The Kier molecular flexibility index (Phi) is 3.79. The Balaban J connectivity index is 2.19. The van der Waals surface area contributed by atoms with Crippen LogP contribution < -0.4 is 5.32 Å². The number of amides is 1. The van der Waals surface area contributed by atoms with Crippen molar-refractivity contribution in [2.24, 2.45) is 0 Å². The fourth-order valence-electron chi connectivity index (χ4n) is 1.86. The first-order valence-electron chi connectivity index (χ1n) is 6.03. The number of nitrogens with one attached hydrogen (secondary N) is 2. The summed E-state index contributed by atoms with van der Waals surface area (Å²) in [5.74, 6) is 0.251. The van der Waals surface area contributed by atoms with Crippen LogP contribution in [0.4, 0.5) is 5.69 Å². The highest BCUT2D eigenvalue weighted by atomic mass is 16.6. The van der Waals surface area contributed by atoms with Crippen LogP contribution in [0.2, 0.25) is 0 Å². The van der Waals surface area contributed by atoms with E-state index in [0.717, 1.165) is 0 Å². The van der Waals surface area contributed by atoms with Gasteiger partial charge in [-0.2, -0.15) is 0 Å². The summed E-state index contributed by atoms with van der Waals surface area (Å²) >= 11 is 0. The van der Waals surface area contributed by atoms with Crippen molar-refractivity contribution in [3.8, 4) is 0 Å². The van der Waals surface area contributed by atoms with Crippen molar-refractivity contribution in [2.75, 3.05) is 0 Å². The van der Waals surface area contributed by atoms with Crippen LogP contribution in [-0.4, -0.2) is 20.8 Å². The Bertz CT molecular complexity index is 637. The van der Waals surface area contributed by atoms with Gasteiger partial charge >= 0.3 is 0 Å². The highest BCUT2D eigenvalue weighted by Crippen LogP contribution is 2.17. The molecule has 0 saturated carbocycles. The number of aromatic nitrogens is 2. The van der Waals surface area contributed by atoms with Crippen molar-refractivity contribution in [3.63, 3.8) is 0 Å². The molecule has 0 aliphatic rings. The molecular weight excluding hydrogens is 260 g/mol. The van der Waals surface area contributed by atoms with Gasteiger partial charge in [0.15, 0.2) is 0 Å². The van der Waals surface area contributed by atoms with E-state index in [4.69, 9.17) is 0 Å². The Morgan fingerprint density at radius 1 is 1.45 bits per heavy atom. The van der Waals surface area contributed by atoms with Gasteiger partial charge in [-0.05, 0) is 25.5 Å². The van der Waals surface area contributed by atoms with E-state index in [2.05, 4.69) is 15.3 Å². The molecule has 1 aromatic carbocycles. The van der Waals surface area contributed by atoms with Crippen molar-refractivity contribution in [1.82, 2.24) is 15.3 Å². The maximum atomic E-state index is 12.1. The molecule has 0 bridgehead atoms. The minimum absolute atomic E-state index is 0.0965. The normalized spacial score (nSPS) is 11.9. The molecule has 0 fully saturated rings. The Hall–Kier alpha value is -2.70. The number of carbonyl (C=O) groups is 1. The predicted octanol–water partition coefficient (Wildman–Crippen LogP) is 2.12. The van der Waals surface area contributed by atoms with E-state index in [9.17, 15) is 14.9 Å². The summed E-state index contributed by atoms with van der Waals surface area (Å²) in [6.07, 6.45) is 3.25. The maximum Gasteiger partial charge on any atom is 0.270 e. The molecule has 1 aromatic heterocycles. The minimum atomic E-state index is -0.514. The minimum Gasteiger partial charge on any atom is -0.347 e. The van der Waals surface area contributed by atoms with Crippen molar-refractivity contribution < 1.29 is 9.72 Å². The first kappa shape index (κ1) is 13.7. The van der Waals surface area contributed by atoms with Crippen LogP contribution in [0.3, 0.4) is 0 Å². The number of nitrogens with zero attached hydrogens (tertiary/aromatic N) is 2. The molecule has 0 spiro atoms. The number of hydrogen-bond acceptors (Lipinski definition) is 4. The number of H-pyrrole nitrogens is 1. The number of aryl methyl sites for hydroxylation is 1. The van der Waals surface area contributed by atoms with Crippen molar-refractivity contribution >= 4 is 11.6 Å². The molecule has 2 N–H and O–H groups in total. The van der Waals surface area contributed by atoms with E-state index in [-0.39, 0.29) is 23.2 Å². The smallest absolute Gasteiger partial charge is 0.270 e. The number of nitro groups is 1. The molecule has 2 rings (SSSR count). The summed E-state index contributed by atoms with van der Waals surface area (Å²) < 4.78 is 0. The van der Waals surface area contributed by atoms with Crippen LogP contribution >= 0.6 is 0 Å². The number of aromatic amines is 1. The van der Waals surface area contributed by atoms with E-state index < -0.39 is 4.92 Å². The molecule has 20 heavy (non-hydrogen) atoms. The summed E-state index contributed by atoms with van der Waals surface area (Å²) in [6.45, 7) is 3.49. The molecule has 0 radical (unpaired) electrons. The second kappa shape index (κ2) is 5.52. The zero-order valence-corrected chi connectivity index (χ0v) is 11.1. The number of carbonyl (C=O) groups excluding carboxylic acids is 1. The van der Waals surface area contributed by atoms with Crippen LogP contribution in [0.25, 0.3) is 0 Å². The predicted molar refractivity (Wildman–Crippen MR) is 72.3 cm³/mol. The quantitative estimate of drug-likeness (QED) is 0.658. The fraction of sp³-hybridized carbons (Fsp3) is 0.231. The molecule has 104 valence electrons. The molecule has 1 amide bonds. The van der Waals surface area contributed by atoms with Gasteiger partial charge in [-0.25, -0.2) is 4.98 Å². The van der Waals surface area contributed by atoms with Gasteiger partial charge in [-0.1, -0.05) is 0 Å². The standard InChI is InChI=1S/C13H14N4O3/c1-8-5-10(7-11(6-8)17(19)20)13(18)16-9(2)12-14-3-4-15-12/h3-7,9H,1-2H3,(H,14,15)(H,16,18). The second-order valence-electron chi connectivity index (χ2n) is 4.48. The molecule has 1 atom stereocenters. The van der Waals surface area contributed by atoms with Crippen LogP contribution in [-0.2, 0) is 0 Å². The molecule has 0 aliphatic heterocycles. The SMILES string of the molecule is Cc1cc(C(=O)NC(C)c2ncc[nH]2)cc([N+](=O)[O-])c1. The summed E-state index contributed by atoms with van der Waals surface area (Å²) in [5.41, 5.74) is 0.825. The molecular formula is C13H14N4O3. The highest BCUT2D eigenvalue weighted by molar-refractivity contribution is 5.95. The zero-order valence-electron chi connectivity index (χ0n) is 11.1. The van der Waals surface area contributed by atoms with Gasteiger partial charge in [0.25, 0.3) is 11.6 Å². The lowest BCUT2D eigenvalue weighted by molar-refractivity contribution is -0.384. The van der Waals surface area contributed by atoms with Gasteiger partial charge in [0.2, 0.25) is 0 Å². The van der Waals surface area contributed by atoms with Crippen molar-refractivity contribution in [2.45, 2.75) is 19.9 Å². The van der Waals surface area contributed by atoms with Gasteiger partial charge in [0.05, 0.1) is 11.0 Å². The van der Waals surface area contributed by atoms with Crippen LogP contribution in [0.1, 0.15) is 34.7 Å². The first-order chi connectivity index (χ1) is 9.47. The van der Waals surface area contributed by atoms with E-state index in [1.165, 1.54) is 12.1 Å². The van der Waals surface area contributed by atoms with Crippen LogP contribution in [0.15, 0.2) is 30.6 Å². The molecule has 0 saturated heterocycles. The molecule has 0 aliphatic carbocycles. The summed E-state index contributed by atoms with van der Waals surface area (Å²) in [6, 6.07) is 3.98. The van der Waals surface area contributed by atoms with E-state index in [0.29, 0.717) is 11.4 Å². The molecule has 7 nitrogen and oxygen atoms in total. The van der Waals surface area contributed by atoms with Gasteiger partial charge in [-0.3, -0.25) is 14.9 Å². The van der Waals surface area contributed by atoms with Gasteiger partial charge < -0.3 is 10.3 Å². The third-order valence-electron chi connectivity index (χ3n) is 2.81. The number of rotatable bonds is 4. The Labute approximate surface area is 115 Å². The largest absolute Gasteiger partial charge is 0.347 e. The Morgan fingerprint density at radius 3 is 2.80 bits per heavy atom. The van der Waals surface area contributed by atoms with E-state index in [1.54, 1.807) is 32.3 Å². The topological polar surface area (TPSA) is 101 Å². The van der Waals surface area contributed by atoms with Crippen molar-refractivity contribution in [1.29, 1.82) is 0 Å². The van der Waals surface area contributed by atoms with Gasteiger partial charge in [0, 0.05) is 30.1 Å². The second-order valence-corrected chi connectivity index (χ2v) is 4.48. The molecule has 2 aromatic rings. The number of nitro benzene ring substituents is 1. The summed E-state index contributed by atoms with van der Waals surface area (Å²) in [4.78, 5) is 29.3. The van der Waals surface area contributed by atoms with E-state index in [1.807, 2.05) is 0 Å². The average molecular weight is 274 g/mol. The van der Waals surface area contributed by atoms with E-state index >= 15 is 0 Å². The molecule has 7 heteroatoms. The average Bonchev–Trinajstić information content (AvgIpc) is 2.91. The van der Waals surface area contributed by atoms with Gasteiger partial charge in [-0.15, -0.1) is 0 Å². The third kappa shape index (κ3) is 3.00. The highest BCUT2D eigenvalue weighted by Gasteiger charge is 2.16. The fourth-order valence-corrected chi connectivity index (χ4v) is 1.86. The monoisotopic (exact) mass is 274 g/mol. The van der Waals surface area contributed by atoms with Crippen molar-refractivity contribution in [3.05, 3.63) is 57.7 Å². The van der Waals surface area contributed by atoms with Crippen LogP contribution in [0.5, 0.6) is 0 Å². The lowest BCUT2D eigenvalue weighted by Gasteiger charge is -2.11. The summed E-state index contributed by atoms with van der Waals surface area (Å²) in [5, 5.41) is 13.5. The molecule has 1 heterocycles. The maximum absolute atomic E-state index is 12.1. The number of imidazole rings is 1. The third-order valence-corrected chi connectivity index (χ3v) is 2.81.